The Morgan fingerprint density at radius 2 is 1.56 bits per heavy atom. The van der Waals surface area contributed by atoms with Crippen molar-refractivity contribution in [3.63, 3.8) is 0 Å². The van der Waals surface area contributed by atoms with Crippen LogP contribution in [0.5, 0.6) is 0 Å². The summed E-state index contributed by atoms with van der Waals surface area (Å²) in [4.78, 5) is 14.3. The van der Waals surface area contributed by atoms with E-state index in [1.807, 2.05) is 41.5 Å². The number of unbranched alkanes of at least 4 members (excludes halogenated alkanes) is 11. The number of carbonyl (C=O) groups is 1. The Bertz CT molecular complexity index is 564. The number of rotatable bonds is 14. The number of carbonyl (C=O) groups excluding carboxylic acids is 1. The summed E-state index contributed by atoms with van der Waals surface area (Å²) in [7, 11) is 0. The molecule has 188 valence electrons. The third kappa shape index (κ3) is 10.7. The van der Waals surface area contributed by atoms with Crippen LogP contribution in [-0.2, 0) is 9.47 Å². The third-order valence-corrected chi connectivity index (χ3v) is 6.21. The minimum atomic E-state index is -0.801. The Labute approximate surface area is 197 Å². The zero-order valence-electron chi connectivity index (χ0n) is 22.0. The predicted molar refractivity (Wildman–Crippen MR) is 133 cm³/mol. The van der Waals surface area contributed by atoms with E-state index in [1.165, 1.54) is 64.2 Å². The maximum atomic E-state index is 12.8. The van der Waals surface area contributed by atoms with Gasteiger partial charge >= 0.3 is 6.09 Å². The predicted octanol–water partition coefficient (Wildman–Crippen LogP) is 7.37. The van der Waals surface area contributed by atoms with Crippen molar-refractivity contribution in [3.05, 3.63) is 11.6 Å². The fourth-order valence-electron chi connectivity index (χ4n) is 4.29. The summed E-state index contributed by atoms with van der Waals surface area (Å²) in [5.41, 5.74) is -0.493. The maximum absolute atomic E-state index is 12.8. The first-order valence-corrected chi connectivity index (χ1v) is 13.0. The van der Waals surface area contributed by atoms with E-state index < -0.39 is 29.6 Å². The molecule has 5 nitrogen and oxygen atoms in total. The van der Waals surface area contributed by atoms with E-state index in [-0.39, 0.29) is 0 Å². The number of amides is 1. The second-order valence-corrected chi connectivity index (χ2v) is 10.9. The zero-order valence-corrected chi connectivity index (χ0v) is 22.0. The molecule has 5 heteroatoms. The van der Waals surface area contributed by atoms with E-state index in [0.29, 0.717) is 6.61 Å². The first-order valence-electron chi connectivity index (χ1n) is 13.0. The highest BCUT2D eigenvalue weighted by molar-refractivity contribution is 5.70. The Hall–Kier alpha value is -1.07. The molecule has 1 fully saturated rings. The van der Waals surface area contributed by atoms with E-state index >= 15 is 0 Å². The van der Waals surface area contributed by atoms with Crippen LogP contribution in [0, 0.1) is 0 Å². The van der Waals surface area contributed by atoms with Crippen LogP contribution < -0.4 is 0 Å². The summed E-state index contributed by atoms with van der Waals surface area (Å²) in [6.07, 6.45) is 16.5. The normalized spacial score (nSPS) is 19.9. The quantitative estimate of drug-likeness (QED) is 0.220. The minimum Gasteiger partial charge on any atom is -0.444 e. The first-order chi connectivity index (χ1) is 15.0. The Balaban J connectivity index is 2.37. The van der Waals surface area contributed by atoms with Crippen molar-refractivity contribution in [2.45, 2.75) is 149 Å². The van der Waals surface area contributed by atoms with Crippen LogP contribution in [0.1, 0.15) is 126 Å². The van der Waals surface area contributed by atoms with Crippen LogP contribution in [0.4, 0.5) is 4.79 Å². The highest BCUT2D eigenvalue weighted by atomic mass is 16.6. The summed E-state index contributed by atoms with van der Waals surface area (Å²) in [6.45, 7) is 13.7. The molecule has 0 radical (unpaired) electrons. The molecule has 1 saturated heterocycles. The molecule has 0 spiro atoms. The van der Waals surface area contributed by atoms with Crippen LogP contribution in [-0.4, -0.2) is 46.2 Å². The lowest BCUT2D eigenvalue weighted by Gasteiger charge is -2.36. The van der Waals surface area contributed by atoms with Gasteiger partial charge in [-0.15, -0.1) is 0 Å². The molecule has 0 aromatic carbocycles. The molecule has 0 aliphatic carbocycles. The molecule has 1 aliphatic rings. The number of aliphatic hydroxyl groups excluding tert-OH is 1. The number of hydrogen-bond donors (Lipinski definition) is 1. The molecule has 1 amide bonds. The van der Waals surface area contributed by atoms with Crippen LogP contribution in [0.15, 0.2) is 11.6 Å². The summed E-state index contributed by atoms with van der Waals surface area (Å²) in [6, 6.07) is -0.437. The average molecular weight is 454 g/mol. The van der Waals surface area contributed by atoms with Gasteiger partial charge < -0.3 is 14.6 Å². The third-order valence-electron chi connectivity index (χ3n) is 6.21. The second kappa shape index (κ2) is 14.2. The van der Waals surface area contributed by atoms with Gasteiger partial charge in [0.25, 0.3) is 0 Å². The smallest absolute Gasteiger partial charge is 0.413 e. The van der Waals surface area contributed by atoms with Crippen molar-refractivity contribution in [2.24, 2.45) is 0 Å². The lowest BCUT2D eigenvalue weighted by Crippen LogP contribution is -2.53. The maximum Gasteiger partial charge on any atom is 0.413 e. The number of ether oxygens (including phenoxy) is 2. The van der Waals surface area contributed by atoms with Gasteiger partial charge in [-0.25, -0.2) is 4.79 Å². The Kier molecular flexibility index (Phi) is 12.9. The molecule has 2 atom stereocenters. The summed E-state index contributed by atoms with van der Waals surface area (Å²) < 4.78 is 11.4. The highest BCUT2D eigenvalue weighted by Crippen LogP contribution is 2.32. The average Bonchev–Trinajstić information content (AvgIpc) is 3.01. The fraction of sp³-hybridized carbons (Fsp3) is 0.889. The van der Waals surface area contributed by atoms with Gasteiger partial charge in [0, 0.05) is 0 Å². The molecule has 32 heavy (non-hydrogen) atoms. The van der Waals surface area contributed by atoms with Crippen LogP contribution in [0.3, 0.4) is 0 Å². The Morgan fingerprint density at radius 3 is 2.06 bits per heavy atom. The number of nitrogens with zero attached hydrogens (tertiary/aromatic N) is 1. The number of hydrogen-bond acceptors (Lipinski definition) is 4. The van der Waals surface area contributed by atoms with E-state index in [0.717, 1.165) is 18.4 Å². The molecule has 1 heterocycles. The SMILES string of the molecule is CCCCCCCCCCCCC/C=C(/C)[C@@H](O)[C@@H]1COC(C)(C)N1C(=O)OC(C)(C)C. The lowest BCUT2D eigenvalue weighted by atomic mass is 10.0. The van der Waals surface area contributed by atoms with E-state index in [4.69, 9.17) is 9.47 Å². The van der Waals surface area contributed by atoms with Gasteiger partial charge in [0.15, 0.2) is 0 Å². The summed E-state index contributed by atoms with van der Waals surface area (Å²) in [5, 5.41) is 10.9. The number of aliphatic hydroxyl groups is 1. The van der Waals surface area contributed by atoms with Gasteiger partial charge in [-0.1, -0.05) is 77.2 Å². The van der Waals surface area contributed by atoms with E-state index in [1.54, 1.807) is 4.90 Å². The molecule has 0 unspecified atom stereocenters. The molecule has 0 saturated carbocycles. The van der Waals surface area contributed by atoms with Gasteiger partial charge in [-0.05, 0) is 60.0 Å². The van der Waals surface area contributed by atoms with Crippen LogP contribution in [0.25, 0.3) is 0 Å². The van der Waals surface area contributed by atoms with Crippen molar-refractivity contribution in [1.29, 1.82) is 0 Å². The molecule has 0 aromatic rings. The number of allylic oxidation sites excluding steroid dienone is 1. The second-order valence-electron chi connectivity index (χ2n) is 10.9. The molecule has 0 aromatic heterocycles. The van der Waals surface area contributed by atoms with Gasteiger partial charge in [-0.3, -0.25) is 4.90 Å². The summed E-state index contributed by atoms with van der Waals surface area (Å²) >= 11 is 0. The fourth-order valence-corrected chi connectivity index (χ4v) is 4.29. The monoisotopic (exact) mass is 453 g/mol. The topological polar surface area (TPSA) is 59.0 Å². The van der Waals surface area contributed by atoms with Crippen molar-refractivity contribution in [2.75, 3.05) is 6.61 Å². The molecule has 1 aliphatic heterocycles. The molecular formula is C27H51NO4. The van der Waals surface area contributed by atoms with Crippen LogP contribution >= 0.6 is 0 Å². The van der Waals surface area contributed by atoms with Crippen molar-refractivity contribution >= 4 is 6.09 Å². The van der Waals surface area contributed by atoms with Crippen LogP contribution in [0.2, 0.25) is 0 Å². The van der Waals surface area contributed by atoms with Gasteiger partial charge in [0.05, 0.1) is 18.8 Å². The minimum absolute atomic E-state index is 0.303. The Morgan fingerprint density at radius 1 is 1.06 bits per heavy atom. The largest absolute Gasteiger partial charge is 0.444 e. The first kappa shape index (κ1) is 29.0. The van der Waals surface area contributed by atoms with E-state index in [9.17, 15) is 9.90 Å². The van der Waals surface area contributed by atoms with Gasteiger partial charge in [0.2, 0.25) is 0 Å². The highest BCUT2D eigenvalue weighted by Gasteiger charge is 2.48. The summed E-state index contributed by atoms with van der Waals surface area (Å²) in [5.74, 6) is 0. The molecule has 1 N–H and O–H groups in total. The van der Waals surface area contributed by atoms with Crippen molar-refractivity contribution < 1.29 is 19.4 Å². The van der Waals surface area contributed by atoms with Crippen molar-refractivity contribution in [1.82, 2.24) is 4.90 Å². The standard InChI is InChI=1S/C27H51NO4/c1-8-9-10-11-12-13-14-15-16-17-18-19-20-22(2)24(29)23-21-31-27(6,7)28(23)25(30)32-26(3,4)5/h20,23-24,29H,8-19,21H2,1-7H3/b22-20-/t23-,24+/m0/s1. The lowest BCUT2D eigenvalue weighted by molar-refractivity contribution is -0.0664. The molecular weight excluding hydrogens is 402 g/mol. The van der Waals surface area contributed by atoms with Crippen molar-refractivity contribution in [3.8, 4) is 0 Å². The van der Waals surface area contributed by atoms with Gasteiger partial charge in [0.1, 0.15) is 11.3 Å². The van der Waals surface area contributed by atoms with Gasteiger partial charge in [-0.2, -0.15) is 0 Å². The zero-order chi connectivity index (χ0) is 24.2. The molecule has 1 rings (SSSR count). The molecule has 0 bridgehead atoms. The van der Waals surface area contributed by atoms with E-state index in [2.05, 4.69) is 13.0 Å².